The summed E-state index contributed by atoms with van der Waals surface area (Å²) < 4.78 is 0.0177. The Morgan fingerprint density at radius 3 is 2.50 bits per heavy atom. The number of carbonyl (C=O) groups excluding carboxylic acids is 4. The summed E-state index contributed by atoms with van der Waals surface area (Å²) in [5, 5.41) is 14.1. The van der Waals surface area contributed by atoms with E-state index in [-0.39, 0.29) is 21.3 Å². The van der Waals surface area contributed by atoms with Crippen molar-refractivity contribution >= 4 is 80.5 Å². The van der Waals surface area contributed by atoms with Gasteiger partial charge in [0.1, 0.15) is 10.9 Å². The number of thiocarbonyl (C=S) groups is 1. The molecule has 0 atom stereocenters. The second-order valence-corrected chi connectivity index (χ2v) is 8.88. The summed E-state index contributed by atoms with van der Waals surface area (Å²) in [7, 11) is 0. The Bertz CT molecular complexity index is 1230. The molecule has 0 bridgehead atoms. The SMILES string of the molecule is O=C([O-])CN1C(=O)C(=C2C(=O)N(CC(=O)Nc3cccc(Cl)c3)c3ccccc32)SC1=S. The van der Waals surface area contributed by atoms with Gasteiger partial charge in [-0.15, -0.1) is 0 Å². The number of nitrogens with zero attached hydrogens (tertiary/aromatic N) is 2. The van der Waals surface area contributed by atoms with Crippen molar-refractivity contribution in [3.8, 4) is 0 Å². The fraction of sp³-hybridized carbons (Fsp3) is 0.0952. The lowest BCUT2D eigenvalue weighted by atomic mass is 10.1. The molecule has 2 aromatic carbocycles. The number of carbonyl (C=O) groups is 4. The van der Waals surface area contributed by atoms with E-state index in [1.165, 1.54) is 4.90 Å². The summed E-state index contributed by atoms with van der Waals surface area (Å²) in [5.74, 6) is -3.17. The van der Waals surface area contributed by atoms with Gasteiger partial charge in [-0.25, -0.2) is 0 Å². The minimum Gasteiger partial charge on any atom is -0.548 e. The van der Waals surface area contributed by atoms with Crippen LogP contribution in [0.25, 0.3) is 5.57 Å². The molecule has 2 aliphatic heterocycles. The molecule has 0 aliphatic carbocycles. The Balaban J connectivity index is 1.65. The van der Waals surface area contributed by atoms with Crippen LogP contribution in [0.15, 0.2) is 53.4 Å². The zero-order valence-corrected chi connectivity index (χ0v) is 18.6. The third-order valence-electron chi connectivity index (χ3n) is 4.70. The first-order chi connectivity index (χ1) is 15.3. The molecule has 0 saturated carbocycles. The third kappa shape index (κ3) is 4.12. The van der Waals surface area contributed by atoms with Crippen LogP contribution in [0, 0.1) is 0 Å². The molecule has 32 heavy (non-hydrogen) atoms. The van der Waals surface area contributed by atoms with Crippen molar-refractivity contribution in [3.05, 3.63) is 64.0 Å². The fourth-order valence-electron chi connectivity index (χ4n) is 3.38. The van der Waals surface area contributed by atoms with Crippen molar-refractivity contribution in [1.29, 1.82) is 0 Å². The zero-order valence-electron chi connectivity index (χ0n) is 16.2. The second kappa shape index (κ2) is 8.73. The predicted octanol–water partition coefficient (Wildman–Crippen LogP) is 1.65. The van der Waals surface area contributed by atoms with Crippen LogP contribution in [0.4, 0.5) is 11.4 Å². The van der Waals surface area contributed by atoms with E-state index in [9.17, 15) is 24.3 Å². The summed E-state index contributed by atoms with van der Waals surface area (Å²) >= 11 is 11.9. The van der Waals surface area contributed by atoms with Gasteiger partial charge in [-0.2, -0.15) is 0 Å². The van der Waals surface area contributed by atoms with Crippen molar-refractivity contribution in [2.75, 3.05) is 23.3 Å². The molecule has 0 spiro atoms. The van der Waals surface area contributed by atoms with Gasteiger partial charge in [0.25, 0.3) is 11.8 Å². The van der Waals surface area contributed by atoms with E-state index in [2.05, 4.69) is 5.32 Å². The zero-order chi connectivity index (χ0) is 23.0. The van der Waals surface area contributed by atoms with Crippen LogP contribution in [-0.4, -0.2) is 46.0 Å². The molecule has 8 nitrogen and oxygen atoms in total. The van der Waals surface area contributed by atoms with Crippen LogP contribution in [0.5, 0.6) is 0 Å². The molecule has 11 heteroatoms. The van der Waals surface area contributed by atoms with Gasteiger partial charge in [0, 0.05) is 16.3 Å². The molecule has 2 aromatic rings. The Kier molecular flexibility index (Phi) is 6.00. The van der Waals surface area contributed by atoms with Gasteiger partial charge in [0.05, 0.1) is 28.7 Å². The largest absolute Gasteiger partial charge is 0.548 e. The number of anilines is 2. The topological polar surface area (TPSA) is 110 Å². The van der Waals surface area contributed by atoms with E-state index in [1.54, 1.807) is 48.5 Å². The Morgan fingerprint density at radius 1 is 1.03 bits per heavy atom. The molecule has 2 heterocycles. The first-order valence-electron chi connectivity index (χ1n) is 9.20. The molecule has 0 radical (unpaired) electrons. The highest BCUT2D eigenvalue weighted by molar-refractivity contribution is 8.26. The smallest absolute Gasteiger partial charge is 0.267 e. The monoisotopic (exact) mass is 486 g/mol. The van der Waals surface area contributed by atoms with Gasteiger partial charge in [-0.3, -0.25) is 24.2 Å². The van der Waals surface area contributed by atoms with Gasteiger partial charge in [0.2, 0.25) is 5.91 Å². The summed E-state index contributed by atoms with van der Waals surface area (Å²) in [5.41, 5.74) is 1.47. The van der Waals surface area contributed by atoms with Crippen LogP contribution in [-0.2, 0) is 19.2 Å². The lowest BCUT2D eigenvalue weighted by Crippen LogP contribution is -2.40. The van der Waals surface area contributed by atoms with E-state index in [4.69, 9.17) is 23.8 Å². The second-order valence-electron chi connectivity index (χ2n) is 6.80. The van der Waals surface area contributed by atoms with E-state index in [1.807, 2.05) is 0 Å². The van der Waals surface area contributed by atoms with Crippen molar-refractivity contribution in [2.45, 2.75) is 0 Å². The lowest BCUT2D eigenvalue weighted by molar-refractivity contribution is -0.305. The standard InChI is InChI=1S/C21H14ClN3O5S2/c22-11-4-3-5-12(8-11)23-15(26)9-24-14-7-2-1-6-13(14)17(19(24)29)18-20(30)25(10-16(27)28)21(31)32-18/h1-8H,9-10H2,(H,23,26)(H,27,28)/p-1. The van der Waals surface area contributed by atoms with E-state index < -0.39 is 30.2 Å². The van der Waals surface area contributed by atoms with E-state index >= 15 is 0 Å². The number of fused-ring (bicyclic) bond motifs is 1. The van der Waals surface area contributed by atoms with Crippen LogP contribution in [0.2, 0.25) is 5.02 Å². The Labute approximate surface area is 196 Å². The number of hydrogen-bond acceptors (Lipinski definition) is 7. The van der Waals surface area contributed by atoms with Crippen molar-refractivity contribution in [1.82, 2.24) is 4.90 Å². The summed E-state index contributed by atoms with van der Waals surface area (Å²) in [4.78, 5) is 51.8. The molecule has 2 aliphatic rings. The predicted molar refractivity (Wildman–Crippen MR) is 123 cm³/mol. The number of thioether (sulfide) groups is 1. The van der Waals surface area contributed by atoms with Crippen molar-refractivity contribution in [2.24, 2.45) is 0 Å². The van der Waals surface area contributed by atoms with Gasteiger partial charge in [0.15, 0.2) is 0 Å². The number of rotatable bonds is 5. The number of hydrogen-bond donors (Lipinski definition) is 1. The third-order valence-corrected chi connectivity index (χ3v) is 6.38. The quantitative estimate of drug-likeness (QED) is 0.505. The molecule has 1 fully saturated rings. The molecule has 1 saturated heterocycles. The summed E-state index contributed by atoms with van der Waals surface area (Å²) in [6, 6.07) is 13.3. The van der Waals surface area contributed by atoms with E-state index in [0.29, 0.717) is 22.0 Å². The highest BCUT2D eigenvalue weighted by atomic mass is 35.5. The maximum Gasteiger partial charge on any atom is 0.267 e. The Hall–Kier alpha value is -3.21. The maximum absolute atomic E-state index is 13.3. The molecule has 1 N–H and O–H groups in total. The fourth-order valence-corrected chi connectivity index (χ4v) is 4.90. The number of aliphatic carboxylic acids is 1. The van der Waals surface area contributed by atoms with Crippen LogP contribution >= 0.6 is 35.6 Å². The molecular formula is C21H13ClN3O5S2-. The first-order valence-corrected chi connectivity index (χ1v) is 10.8. The summed E-state index contributed by atoms with van der Waals surface area (Å²) in [6.45, 7) is -1.01. The first kappa shape index (κ1) is 22.0. The normalized spacial score (nSPS) is 17.7. The van der Waals surface area contributed by atoms with Gasteiger partial charge in [-0.05, 0) is 24.3 Å². The highest BCUT2D eigenvalue weighted by Crippen LogP contribution is 2.44. The Morgan fingerprint density at radius 2 is 1.78 bits per heavy atom. The molecule has 0 aromatic heterocycles. The van der Waals surface area contributed by atoms with Crippen LogP contribution in [0.1, 0.15) is 5.56 Å². The molecule has 162 valence electrons. The van der Waals surface area contributed by atoms with Crippen LogP contribution < -0.4 is 15.3 Å². The van der Waals surface area contributed by atoms with Gasteiger partial charge >= 0.3 is 0 Å². The van der Waals surface area contributed by atoms with Gasteiger partial charge < -0.3 is 15.2 Å². The molecule has 4 rings (SSSR count). The summed E-state index contributed by atoms with van der Waals surface area (Å²) in [6.07, 6.45) is 0. The van der Waals surface area contributed by atoms with Gasteiger partial charge in [-0.1, -0.05) is 59.8 Å². The lowest BCUT2D eigenvalue weighted by Gasteiger charge is -2.17. The molecule has 3 amide bonds. The van der Waals surface area contributed by atoms with Crippen LogP contribution in [0.3, 0.4) is 0 Å². The number of nitrogens with one attached hydrogen (secondary N) is 1. The minimum absolute atomic E-state index is 0.0177. The van der Waals surface area contributed by atoms with Crippen molar-refractivity contribution < 1.29 is 24.3 Å². The highest BCUT2D eigenvalue weighted by Gasteiger charge is 2.42. The minimum atomic E-state index is -1.47. The van der Waals surface area contributed by atoms with Crippen molar-refractivity contribution in [3.63, 3.8) is 0 Å². The average molecular weight is 487 g/mol. The van der Waals surface area contributed by atoms with E-state index in [0.717, 1.165) is 16.7 Å². The number of carboxylic acid groups (broad SMARTS) is 1. The average Bonchev–Trinajstić information content (AvgIpc) is 3.15. The molecule has 0 unspecified atom stereocenters. The maximum atomic E-state index is 13.3. The number of carboxylic acids is 1. The molecular weight excluding hydrogens is 474 g/mol. The number of halogens is 1. The number of para-hydroxylation sites is 1. The number of amides is 3. The number of benzene rings is 2.